The molecule has 2 rings (SSSR count). The summed E-state index contributed by atoms with van der Waals surface area (Å²) in [6.07, 6.45) is -0.584. The Morgan fingerprint density at radius 2 is 1.86 bits per heavy atom. The molecule has 1 heterocycles. The Kier molecular flexibility index (Phi) is 6.75. The molecule has 0 saturated heterocycles. The standard InChI is InChI=1S/C18H23N5O6/c1-9(2)15(16(26)21-11(17(27)28)7-13(19)24)22-18(29)23-8-14(25)20-10-5-3-4-6-12(10)23/h3-6,9,11,15H,7-8H2,1-2H3,(H2,19,24)(H,20,25)(H,21,26)(H,22,29)(H,27,28)/t11-,15-/m0/s1. The Bertz CT molecular complexity index is 840. The van der Waals surface area contributed by atoms with Gasteiger partial charge in [-0.15, -0.1) is 0 Å². The van der Waals surface area contributed by atoms with Crippen LogP contribution in [0.3, 0.4) is 0 Å². The van der Waals surface area contributed by atoms with Crippen molar-refractivity contribution in [3.63, 3.8) is 0 Å². The predicted octanol–water partition coefficient (Wildman–Crippen LogP) is -0.376. The third-order valence-electron chi connectivity index (χ3n) is 4.26. The molecule has 5 amide bonds. The molecule has 11 heteroatoms. The quantitative estimate of drug-likeness (QED) is 0.414. The minimum absolute atomic E-state index is 0.241. The van der Waals surface area contributed by atoms with Crippen LogP contribution in [0.1, 0.15) is 20.3 Å². The number of carbonyl (C=O) groups is 5. The molecule has 0 unspecified atom stereocenters. The Balaban J connectivity index is 2.17. The maximum atomic E-state index is 12.8. The summed E-state index contributed by atoms with van der Waals surface area (Å²) in [7, 11) is 0. The fraction of sp³-hybridized carbons (Fsp3) is 0.389. The molecule has 6 N–H and O–H groups in total. The lowest BCUT2D eigenvalue weighted by Gasteiger charge is -2.31. The average Bonchev–Trinajstić information content (AvgIpc) is 2.63. The summed E-state index contributed by atoms with van der Waals surface area (Å²) in [5.74, 6) is -3.89. The molecule has 0 aliphatic carbocycles. The number of hydrogen-bond donors (Lipinski definition) is 5. The SMILES string of the molecule is CC(C)[C@H](NC(=O)N1CC(=O)Nc2ccccc21)C(=O)N[C@@H](CC(N)=O)C(=O)O. The number of carboxylic acids is 1. The van der Waals surface area contributed by atoms with Crippen molar-refractivity contribution in [2.45, 2.75) is 32.4 Å². The van der Waals surface area contributed by atoms with Crippen LogP contribution in [-0.2, 0) is 19.2 Å². The van der Waals surface area contributed by atoms with Gasteiger partial charge in [-0.1, -0.05) is 26.0 Å². The number of urea groups is 1. The van der Waals surface area contributed by atoms with Gasteiger partial charge in [0.1, 0.15) is 18.6 Å². The Morgan fingerprint density at radius 1 is 1.21 bits per heavy atom. The second-order valence-electron chi connectivity index (χ2n) is 6.89. The maximum Gasteiger partial charge on any atom is 0.326 e. The van der Waals surface area contributed by atoms with E-state index in [2.05, 4.69) is 16.0 Å². The van der Waals surface area contributed by atoms with Crippen LogP contribution in [0.5, 0.6) is 0 Å². The fourth-order valence-corrected chi connectivity index (χ4v) is 2.82. The highest BCUT2D eigenvalue weighted by molar-refractivity contribution is 6.10. The highest BCUT2D eigenvalue weighted by Gasteiger charge is 2.33. The second kappa shape index (κ2) is 9.04. The lowest BCUT2D eigenvalue weighted by molar-refractivity contribution is -0.143. The van der Waals surface area contributed by atoms with Gasteiger partial charge in [-0.2, -0.15) is 0 Å². The minimum Gasteiger partial charge on any atom is -0.480 e. The average molecular weight is 405 g/mol. The normalized spacial score (nSPS) is 15.0. The number of para-hydroxylation sites is 2. The molecular weight excluding hydrogens is 382 g/mol. The van der Waals surface area contributed by atoms with E-state index < -0.39 is 54.1 Å². The van der Waals surface area contributed by atoms with Crippen molar-refractivity contribution < 1.29 is 29.1 Å². The summed E-state index contributed by atoms with van der Waals surface area (Å²) in [6, 6.07) is 3.38. The first-order chi connectivity index (χ1) is 13.6. The number of benzene rings is 1. The Morgan fingerprint density at radius 3 is 2.45 bits per heavy atom. The van der Waals surface area contributed by atoms with Gasteiger partial charge < -0.3 is 26.8 Å². The molecule has 11 nitrogen and oxygen atoms in total. The number of rotatable bonds is 7. The van der Waals surface area contributed by atoms with Gasteiger partial charge in [-0.05, 0) is 18.1 Å². The topological polar surface area (TPSA) is 171 Å². The zero-order valence-electron chi connectivity index (χ0n) is 16.0. The number of amides is 5. The Labute approximate surface area is 166 Å². The van der Waals surface area contributed by atoms with E-state index in [1.165, 1.54) is 4.90 Å². The van der Waals surface area contributed by atoms with Crippen LogP contribution in [0.15, 0.2) is 24.3 Å². The summed E-state index contributed by atoms with van der Waals surface area (Å²) in [5.41, 5.74) is 5.93. The molecule has 156 valence electrons. The van der Waals surface area contributed by atoms with Crippen molar-refractivity contribution in [1.82, 2.24) is 10.6 Å². The number of primary amides is 1. The number of fused-ring (bicyclic) bond motifs is 1. The van der Waals surface area contributed by atoms with E-state index in [0.29, 0.717) is 11.4 Å². The lowest BCUT2D eigenvalue weighted by atomic mass is 10.0. The number of aliphatic carboxylic acids is 1. The first-order valence-corrected chi connectivity index (χ1v) is 8.88. The van der Waals surface area contributed by atoms with Crippen molar-refractivity contribution >= 4 is 41.1 Å². The number of nitrogens with one attached hydrogen (secondary N) is 3. The van der Waals surface area contributed by atoms with E-state index in [4.69, 9.17) is 10.8 Å². The zero-order chi connectivity index (χ0) is 21.7. The molecule has 1 aliphatic heterocycles. The van der Waals surface area contributed by atoms with Gasteiger partial charge >= 0.3 is 12.0 Å². The molecule has 1 aliphatic rings. The minimum atomic E-state index is -1.51. The molecule has 0 bridgehead atoms. The number of nitrogens with two attached hydrogens (primary N) is 1. The third kappa shape index (κ3) is 5.43. The molecule has 0 fully saturated rings. The van der Waals surface area contributed by atoms with Crippen LogP contribution in [0.25, 0.3) is 0 Å². The summed E-state index contributed by atoms with van der Waals surface area (Å²) >= 11 is 0. The number of carboxylic acid groups (broad SMARTS) is 1. The number of hydrogen-bond acceptors (Lipinski definition) is 5. The first-order valence-electron chi connectivity index (χ1n) is 8.88. The van der Waals surface area contributed by atoms with Crippen molar-refractivity contribution in [3.8, 4) is 0 Å². The highest BCUT2D eigenvalue weighted by atomic mass is 16.4. The van der Waals surface area contributed by atoms with Crippen LogP contribution >= 0.6 is 0 Å². The van der Waals surface area contributed by atoms with Crippen LogP contribution in [0.2, 0.25) is 0 Å². The molecule has 29 heavy (non-hydrogen) atoms. The van der Waals surface area contributed by atoms with Gasteiger partial charge in [0, 0.05) is 0 Å². The Hall–Kier alpha value is -3.63. The van der Waals surface area contributed by atoms with E-state index >= 15 is 0 Å². The summed E-state index contributed by atoms with van der Waals surface area (Å²) in [5, 5.41) is 16.5. The van der Waals surface area contributed by atoms with Crippen LogP contribution < -0.4 is 26.6 Å². The van der Waals surface area contributed by atoms with E-state index in [1.54, 1.807) is 38.1 Å². The number of carbonyl (C=O) groups excluding carboxylic acids is 4. The van der Waals surface area contributed by atoms with Gasteiger partial charge in [0.2, 0.25) is 17.7 Å². The summed E-state index contributed by atoms with van der Waals surface area (Å²) in [4.78, 5) is 60.7. The fourth-order valence-electron chi connectivity index (χ4n) is 2.82. The van der Waals surface area contributed by atoms with Crippen LogP contribution in [0, 0.1) is 5.92 Å². The van der Waals surface area contributed by atoms with Gasteiger partial charge in [0.05, 0.1) is 17.8 Å². The van der Waals surface area contributed by atoms with Gasteiger partial charge in [0.25, 0.3) is 0 Å². The second-order valence-corrected chi connectivity index (χ2v) is 6.89. The molecule has 0 spiro atoms. The van der Waals surface area contributed by atoms with Gasteiger partial charge in [0.15, 0.2) is 0 Å². The number of anilines is 2. The van der Waals surface area contributed by atoms with Gasteiger partial charge in [-0.25, -0.2) is 9.59 Å². The van der Waals surface area contributed by atoms with E-state index in [0.717, 1.165) is 0 Å². The largest absolute Gasteiger partial charge is 0.480 e. The first kappa shape index (κ1) is 21.7. The van der Waals surface area contributed by atoms with E-state index in [-0.39, 0.29) is 6.54 Å². The van der Waals surface area contributed by atoms with E-state index in [1.807, 2.05) is 0 Å². The molecule has 1 aromatic rings. The summed E-state index contributed by atoms with van der Waals surface area (Å²) in [6.45, 7) is 3.07. The predicted molar refractivity (Wildman–Crippen MR) is 103 cm³/mol. The third-order valence-corrected chi connectivity index (χ3v) is 4.26. The summed E-state index contributed by atoms with van der Waals surface area (Å²) < 4.78 is 0. The molecule has 0 radical (unpaired) electrons. The van der Waals surface area contributed by atoms with Crippen molar-refractivity contribution in [3.05, 3.63) is 24.3 Å². The highest BCUT2D eigenvalue weighted by Crippen LogP contribution is 2.28. The monoisotopic (exact) mass is 405 g/mol. The maximum absolute atomic E-state index is 12.8. The van der Waals surface area contributed by atoms with E-state index in [9.17, 15) is 24.0 Å². The van der Waals surface area contributed by atoms with Crippen molar-refractivity contribution in [1.29, 1.82) is 0 Å². The molecule has 1 aromatic carbocycles. The molecule has 2 atom stereocenters. The van der Waals surface area contributed by atoms with Crippen LogP contribution in [0.4, 0.5) is 16.2 Å². The zero-order valence-corrected chi connectivity index (χ0v) is 16.0. The molecule has 0 aromatic heterocycles. The van der Waals surface area contributed by atoms with Crippen LogP contribution in [-0.4, -0.2) is 53.5 Å². The van der Waals surface area contributed by atoms with Crippen molar-refractivity contribution in [2.24, 2.45) is 11.7 Å². The van der Waals surface area contributed by atoms with Crippen molar-refractivity contribution in [2.75, 3.05) is 16.8 Å². The molecule has 0 saturated carbocycles. The lowest BCUT2D eigenvalue weighted by Crippen LogP contribution is -2.57. The van der Waals surface area contributed by atoms with Gasteiger partial charge in [-0.3, -0.25) is 19.3 Å². The smallest absolute Gasteiger partial charge is 0.326 e. The molecular formula is C18H23N5O6. The number of nitrogens with zero attached hydrogens (tertiary/aromatic N) is 1.